The number of hydrogen-bond acceptors (Lipinski definition) is 4. The van der Waals surface area contributed by atoms with E-state index in [1.165, 1.54) is 12.3 Å². The molecule has 1 fully saturated rings. The molecule has 2 aromatic rings. The van der Waals surface area contributed by atoms with E-state index in [-0.39, 0.29) is 12.0 Å². The van der Waals surface area contributed by atoms with Crippen molar-refractivity contribution in [2.75, 3.05) is 13.2 Å². The summed E-state index contributed by atoms with van der Waals surface area (Å²) >= 11 is 0. The second-order valence-corrected chi connectivity index (χ2v) is 8.72. The molecule has 134 valence electrons. The maximum Gasteiger partial charge on any atom is 0.214 e. The van der Waals surface area contributed by atoms with Crippen LogP contribution in [-0.4, -0.2) is 37.9 Å². The van der Waals surface area contributed by atoms with Gasteiger partial charge in [-0.1, -0.05) is 24.3 Å². The van der Waals surface area contributed by atoms with E-state index in [1.807, 2.05) is 24.3 Å². The second kappa shape index (κ2) is 7.19. The van der Waals surface area contributed by atoms with Gasteiger partial charge in [-0.2, -0.15) is 4.39 Å². The topological polar surface area (TPSA) is 68.3 Å². The van der Waals surface area contributed by atoms with E-state index in [9.17, 15) is 12.8 Å². The van der Waals surface area contributed by atoms with Gasteiger partial charge in [0.1, 0.15) is 0 Å². The molecular weight excluding hydrogens is 343 g/mol. The Labute approximate surface area is 147 Å². The zero-order valence-electron chi connectivity index (χ0n) is 14.1. The Kier molecular flexibility index (Phi) is 5.17. The van der Waals surface area contributed by atoms with Crippen LogP contribution in [0.3, 0.4) is 0 Å². The second-order valence-electron chi connectivity index (χ2n) is 6.45. The number of benzene rings is 1. The van der Waals surface area contributed by atoms with Gasteiger partial charge in [0.25, 0.3) is 0 Å². The third kappa shape index (κ3) is 4.05. The van der Waals surface area contributed by atoms with Crippen molar-refractivity contribution in [2.45, 2.75) is 31.1 Å². The summed E-state index contributed by atoms with van der Waals surface area (Å²) in [6.45, 7) is 4.14. The monoisotopic (exact) mass is 364 g/mol. The summed E-state index contributed by atoms with van der Waals surface area (Å²) in [4.78, 5) is 3.66. The van der Waals surface area contributed by atoms with E-state index < -0.39 is 21.2 Å². The minimum atomic E-state index is -3.35. The number of ether oxygens (including phenoxy) is 1. The molecule has 1 N–H and O–H groups in total. The van der Waals surface area contributed by atoms with Crippen LogP contribution in [0.25, 0.3) is 11.1 Å². The molecule has 25 heavy (non-hydrogen) atoms. The van der Waals surface area contributed by atoms with E-state index in [4.69, 9.17) is 4.74 Å². The average Bonchev–Trinajstić information content (AvgIpc) is 3.03. The highest BCUT2D eigenvalue weighted by Crippen LogP contribution is 2.29. The van der Waals surface area contributed by atoms with Gasteiger partial charge in [0.2, 0.25) is 16.0 Å². The minimum absolute atomic E-state index is 0.0334. The molecule has 2 atom stereocenters. The Morgan fingerprint density at radius 1 is 1.12 bits per heavy atom. The molecule has 1 aliphatic rings. The fourth-order valence-electron chi connectivity index (χ4n) is 2.82. The predicted octanol–water partition coefficient (Wildman–Crippen LogP) is 2.70. The Bertz CT molecular complexity index is 820. The lowest BCUT2D eigenvalue weighted by Gasteiger charge is -2.21. The summed E-state index contributed by atoms with van der Waals surface area (Å²) in [6.07, 6.45) is 1.49. The lowest BCUT2D eigenvalue weighted by Crippen LogP contribution is -2.42. The third-order valence-corrected chi connectivity index (χ3v) is 6.29. The molecule has 1 aromatic heterocycles. The Morgan fingerprint density at radius 2 is 1.80 bits per heavy atom. The first-order valence-corrected chi connectivity index (χ1v) is 9.72. The smallest absolute Gasteiger partial charge is 0.214 e. The Hall–Kier alpha value is -1.83. The average molecular weight is 364 g/mol. The van der Waals surface area contributed by atoms with Crippen molar-refractivity contribution in [1.29, 1.82) is 0 Å². The maximum absolute atomic E-state index is 12.9. The van der Waals surface area contributed by atoms with Crippen LogP contribution in [0.1, 0.15) is 25.3 Å². The fourth-order valence-corrected chi connectivity index (χ4v) is 3.74. The van der Waals surface area contributed by atoms with Crippen LogP contribution in [0.4, 0.5) is 4.39 Å². The van der Waals surface area contributed by atoms with Crippen LogP contribution in [0.15, 0.2) is 42.6 Å². The van der Waals surface area contributed by atoms with Crippen LogP contribution in [0.2, 0.25) is 0 Å². The molecule has 0 aliphatic carbocycles. The van der Waals surface area contributed by atoms with Gasteiger partial charge >= 0.3 is 0 Å². The number of sulfonamides is 1. The molecule has 0 unspecified atom stereocenters. The molecular formula is C18H21FN2O3S. The van der Waals surface area contributed by atoms with E-state index >= 15 is 0 Å². The molecule has 0 saturated carbocycles. The van der Waals surface area contributed by atoms with Crippen LogP contribution >= 0.6 is 0 Å². The molecule has 1 aromatic carbocycles. The quantitative estimate of drug-likeness (QED) is 0.829. The molecule has 3 rings (SSSR count). The summed E-state index contributed by atoms with van der Waals surface area (Å²) in [5, 5.41) is -0.484. The normalized spacial score (nSPS) is 21.0. The van der Waals surface area contributed by atoms with Gasteiger partial charge in [0, 0.05) is 17.7 Å². The van der Waals surface area contributed by atoms with E-state index in [2.05, 4.69) is 9.71 Å². The zero-order chi connectivity index (χ0) is 18.0. The fraction of sp³-hybridized carbons (Fsp3) is 0.389. The molecule has 0 bridgehead atoms. The van der Waals surface area contributed by atoms with Crippen LogP contribution < -0.4 is 4.72 Å². The first-order chi connectivity index (χ1) is 11.9. The highest BCUT2D eigenvalue weighted by atomic mass is 32.2. The van der Waals surface area contributed by atoms with Gasteiger partial charge in [0.15, 0.2) is 0 Å². The number of nitrogens with one attached hydrogen (secondary N) is 1. The summed E-state index contributed by atoms with van der Waals surface area (Å²) in [7, 11) is -3.35. The largest absolute Gasteiger partial charge is 0.379 e. The Morgan fingerprint density at radius 3 is 2.40 bits per heavy atom. The Balaban J connectivity index is 1.78. The van der Waals surface area contributed by atoms with Crippen molar-refractivity contribution in [2.24, 2.45) is 0 Å². The van der Waals surface area contributed by atoms with Crippen molar-refractivity contribution in [3.05, 3.63) is 54.1 Å². The zero-order valence-corrected chi connectivity index (χ0v) is 15.0. The summed E-state index contributed by atoms with van der Waals surface area (Å²) < 4.78 is 45.4. The minimum Gasteiger partial charge on any atom is -0.379 e. The molecule has 0 spiro atoms. The number of halogens is 1. The highest BCUT2D eigenvalue weighted by molar-refractivity contribution is 7.90. The number of nitrogens with zero attached hydrogens (tertiary/aromatic N) is 1. The van der Waals surface area contributed by atoms with Gasteiger partial charge in [-0.05, 0) is 37.1 Å². The molecule has 1 aliphatic heterocycles. The molecule has 0 radical (unpaired) electrons. The van der Waals surface area contributed by atoms with Gasteiger partial charge < -0.3 is 4.74 Å². The van der Waals surface area contributed by atoms with Gasteiger partial charge in [-0.25, -0.2) is 18.1 Å². The first kappa shape index (κ1) is 18.0. The number of rotatable bonds is 5. The number of aromatic nitrogens is 1. The lowest BCUT2D eigenvalue weighted by atomic mass is 9.93. The molecule has 7 heteroatoms. The SMILES string of the molecule is CC(C)S(=O)(=O)N[C@H]1COC[C@H]1c1ccc(-c2ccc(F)nc2)cc1. The maximum atomic E-state index is 12.9. The first-order valence-electron chi connectivity index (χ1n) is 8.17. The van der Waals surface area contributed by atoms with E-state index in [0.717, 1.165) is 16.7 Å². The van der Waals surface area contributed by atoms with Crippen LogP contribution in [-0.2, 0) is 14.8 Å². The van der Waals surface area contributed by atoms with Crippen molar-refractivity contribution in [3.63, 3.8) is 0 Å². The van der Waals surface area contributed by atoms with Crippen molar-refractivity contribution in [1.82, 2.24) is 9.71 Å². The van der Waals surface area contributed by atoms with Crippen LogP contribution in [0, 0.1) is 5.95 Å². The van der Waals surface area contributed by atoms with Crippen molar-refractivity contribution in [3.8, 4) is 11.1 Å². The number of hydrogen-bond donors (Lipinski definition) is 1. The highest BCUT2D eigenvalue weighted by Gasteiger charge is 2.33. The summed E-state index contributed by atoms with van der Waals surface area (Å²) in [5.41, 5.74) is 2.76. The summed E-state index contributed by atoms with van der Waals surface area (Å²) in [5.74, 6) is -0.544. The molecule has 2 heterocycles. The van der Waals surface area contributed by atoms with Gasteiger partial charge in [-0.3, -0.25) is 0 Å². The third-order valence-electron chi connectivity index (χ3n) is 4.42. The molecule has 5 nitrogen and oxygen atoms in total. The molecule has 0 amide bonds. The van der Waals surface area contributed by atoms with Crippen molar-refractivity contribution >= 4 is 10.0 Å². The molecule has 1 saturated heterocycles. The summed E-state index contributed by atoms with van der Waals surface area (Å²) in [6, 6.07) is 10.5. The van der Waals surface area contributed by atoms with Crippen molar-refractivity contribution < 1.29 is 17.5 Å². The standard InChI is InChI=1S/C18H21FN2O3S/c1-12(2)25(22,23)21-17-11-24-10-16(17)14-5-3-13(4-6-14)15-7-8-18(19)20-9-15/h3-9,12,16-17,21H,10-11H2,1-2H3/t16-,17-/m0/s1. The van der Waals surface area contributed by atoms with E-state index in [0.29, 0.717) is 13.2 Å². The van der Waals surface area contributed by atoms with Crippen LogP contribution in [0.5, 0.6) is 0 Å². The number of pyridine rings is 1. The lowest BCUT2D eigenvalue weighted by molar-refractivity contribution is 0.189. The van der Waals surface area contributed by atoms with Gasteiger partial charge in [-0.15, -0.1) is 0 Å². The van der Waals surface area contributed by atoms with Gasteiger partial charge in [0.05, 0.1) is 24.5 Å². The van der Waals surface area contributed by atoms with E-state index in [1.54, 1.807) is 19.9 Å². The predicted molar refractivity (Wildman–Crippen MR) is 94.2 cm³/mol.